The van der Waals surface area contributed by atoms with E-state index in [4.69, 9.17) is 0 Å². The van der Waals surface area contributed by atoms with Crippen molar-refractivity contribution in [2.24, 2.45) is 0 Å². The van der Waals surface area contributed by atoms with Crippen LogP contribution in [-0.2, 0) is 0 Å². The summed E-state index contributed by atoms with van der Waals surface area (Å²) in [6.07, 6.45) is 0. The van der Waals surface area contributed by atoms with E-state index >= 15 is 0 Å². The van der Waals surface area contributed by atoms with Crippen LogP contribution < -0.4 is 0 Å². The van der Waals surface area contributed by atoms with Crippen LogP contribution in [0.25, 0.3) is 20.0 Å². The van der Waals surface area contributed by atoms with Gasteiger partial charge in [-0.3, -0.25) is 0 Å². The number of hydrogen-bond donors (Lipinski definition) is 0. The Morgan fingerprint density at radius 1 is 0.765 bits per heavy atom. The van der Waals surface area contributed by atoms with Crippen molar-refractivity contribution in [3.63, 3.8) is 0 Å². The Morgan fingerprint density at radius 2 is 1.29 bits per heavy atom. The van der Waals surface area contributed by atoms with Gasteiger partial charge in [0.1, 0.15) is 0 Å². The van der Waals surface area contributed by atoms with Gasteiger partial charge in [-0.15, -0.1) is 0 Å². The molecule has 0 atom stereocenters. The fourth-order valence-corrected chi connectivity index (χ4v) is 4.95. The third kappa shape index (κ3) is 2.41. The molecule has 0 unspecified atom stereocenters. The molecule has 0 aliphatic rings. The molecule has 0 saturated heterocycles. The van der Waals surface area contributed by atoms with Gasteiger partial charge < -0.3 is 0 Å². The standard InChI is InChI=1S/C15H12Se2/c1-11-8-12(14-4-2-6-16-14)10-13(9-11)15-5-3-7-17-15/h2-10H,1H3. The quantitative estimate of drug-likeness (QED) is 0.621. The maximum absolute atomic E-state index is 2.36. The second-order valence-electron chi connectivity index (χ2n) is 4.04. The van der Waals surface area contributed by atoms with Crippen molar-refractivity contribution in [2.75, 3.05) is 0 Å². The summed E-state index contributed by atoms with van der Waals surface area (Å²) < 4.78 is 3.00. The fourth-order valence-electron chi connectivity index (χ4n) is 1.95. The van der Waals surface area contributed by atoms with Gasteiger partial charge in [0, 0.05) is 0 Å². The molecular weight excluding hydrogens is 338 g/mol. The number of aryl methyl sites for hydroxylation is 1. The summed E-state index contributed by atoms with van der Waals surface area (Å²) in [7, 11) is 0. The van der Waals surface area contributed by atoms with Gasteiger partial charge in [0.05, 0.1) is 0 Å². The molecule has 3 rings (SSSR count). The molecule has 0 aliphatic heterocycles. The van der Waals surface area contributed by atoms with E-state index in [2.05, 4.69) is 59.3 Å². The molecule has 0 aliphatic carbocycles. The second kappa shape index (κ2) is 4.84. The summed E-state index contributed by atoms with van der Waals surface area (Å²) in [6.45, 7) is 2.19. The summed E-state index contributed by atoms with van der Waals surface area (Å²) in [5.41, 5.74) is 4.19. The average Bonchev–Trinajstić information content (AvgIpc) is 3.02. The minimum atomic E-state index is 0.526. The summed E-state index contributed by atoms with van der Waals surface area (Å²) in [5, 5.41) is 0. The second-order valence-corrected chi connectivity index (χ2v) is 8.02. The first-order valence-corrected chi connectivity index (χ1v) is 9.21. The van der Waals surface area contributed by atoms with Crippen LogP contribution in [0, 0.1) is 6.92 Å². The van der Waals surface area contributed by atoms with Gasteiger partial charge >= 0.3 is 114 Å². The summed E-state index contributed by atoms with van der Waals surface area (Å²) in [4.78, 5) is 4.56. The zero-order valence-corrected chi connectivity index (χ0v) is 12.9. The molecular formula is C15H12Se2. The zero-order valence-electron chi connectivity index (χ0n) is 9.51. The molecule has 1 aromatic carbocycles. The Bertz CT molecular complexity index is 552. The summed E-state index contributed by atoms with van der Waals surface area (Å²) >= 11 is 1.05. The van der Waals surface area contributed by atoms with E-state index in [-0.39, 0.29) is 0 Å². The molecule has 0 nitrogen and oxygen atoms in total. The fraction of sp³-hybridized carbons (Fsp3) is 0.0667. The Hall–Kier alpha value is -0.781. The van der Waals surface area contributed by atoms with Crippen molar-refractivity contribution in [3.8, 4) is 20.0 Å². The molecule has 0 saturated carbocycles. The molecule has 0 radical (unpaired) electrons. The van der Waals surface area contributed by atoms with E-state index in [0.29, 0.717) is 29.0 Å². The van der Waals surface area contributed by atoms with Crippen LogP contribution in [0.15, 0.2) is 52.3 Å². The van der Waals surface area contributed by atoms with Crippen LogP contribution in [0.3, 0.4) is 0 Å². The van der Waals surface area contributed by atoms with Crippen molar-refractivity contribution >= 4 is 29.0 Å². The molecule has 2 aromatic heterocycles. The van der Waals surface area contributed by atoms with Crippen LogP contribution in [0.2, 0.25) is 0 Å². The van der Waals surface area contributed by atoms with Crippen LogP contribution in [0.4, 0.5) is 0 Å². The predicted molar refractivity (Wildman–Crippen MR) is 75.9 cm³/mol. The van der Waals surface area contributed by atoms with Gasteiger partial charge in [-0.25, -0.2) is 0 Å². The molecule has 0 N–H and O–H groups in total. The molecule has 0 bridgehead atoms. The maximum atomic E-state index is 2.36. The van der Waals surface area contributed by atoms with Crippen molar-refractivity contribution in [2.45, 2.75) is 6.92 Å². The monoisotopic (exact) mass is 352 g/mol. The van der Waals surface area contributed by atoms with Gasteiger partial charge in [-0.2, -0.15) is 0 Å². The van der Waals surface area contributed by atoms with Crippen LogP contribution in [0.5, 0.6) is 0 Å². The first-order chi connectivity index (χ1) is 8.33. The summed E-state index contributed by atoms with van der Waals surface area (Å²) in [6, 6.07) is 15.8. The van der Waals surface area contributed by atoms with E-state index in [9.17, 15) is 0 Å². The molecule has 2 heterocycles. The van der Waals surface area contributed by atoms with Gasteiger partial charge in [0.2, 0.25) is 0 Å². The van der Waals surface area contributed by atoms with E-state index in [1.807, 2.05) is 0 Å². The van der Waals surface area contributed by atoms with Crippen LogP contribution in [-0.4, -0.2) is 29.0 Å². The first kappa shape index (κ1) is 11.3. The van der Waals surface area contributed by atoms with Gasteiger partial charge in [0.25, 0.3) is 0 Å². The van der Waals surface area contributed by atoms with Gasteiger partial charge in [0.15, 0.2) is 0 Å². The Kier molecular flexibility index (Phi) is 3.22. The van der Waals surface area contributed by atoms with Crippen LogP contribution in [0.1, 0.15) is 5.56 Å². The average molecular weight is 350 g/mol. The van der Waals surface area contributed by atoms with E-state index < -0.39 is 0 Å². The third-order valence-electron chi connectivity index (χ3n) is 2.69. The molecule has 2 heteroatoms. The van der Waals surface area contributed by atoms with Gasteiger partial charge in [-0.1, -0.05) is 0 Å². The summed E-state index contributed by atoms with van der Waals surface area (Å²) in [5.74, 6) is 0. The topological polar surface area (TPSA) is 0 Å². The first-order valence-electron chi connectivity index (χ1n) is 5.52. The number of benzene rings is 1. The molecule has 3 aromatic rings. The van der Waals surface area contributed by atoms with Crippen LogP contribution >= 0.6 is 0 Å². The van der Waals surface area contributed by atoms with Crippen molar-refractivity contribution < 1.29 is 0 Å². The normalized spacial score (nSPS) is 10.6. The van der Waals surface area contributed by atoms with E-state index in [1.54, 1.807) is 0 Å². The predicted octanol–water partition coefficient (Wildman–Crippen LogP) is 3.44. The van der Waals surface area contributed by atoms with Crippen molar-refractivity contribution in [3.05, 3.63) is 57.9 Å². The number of hydrogen-bond acceptors (Lipinski definition) is 0. The third-order valence-corrected chi connectivity index (χ3v) is 6.54. The Labute approximate surface area is 113 Å². The van der Waals surface area contributed by atoms with Crippen molar-refractivity contribution in [1.82, 2.24) is 0 Å². The SMILES string of the molecule is Cc1cc(-c2ccc[se]2)cc(-c2ccc[se]2)c1. The van der Waals surface area contributed by atoms with Crippen molar-refractivity contribution in [1.29, 1.82) is 0 Å². The van der Waals surface area contributed by atoms with Gasteiger partial charge in [-0.05, 0) is 0 Å². The number of rotatable bonds is 2. The van der Waals surface area contributed by atoms with E-state index in [0.717, 1.165) is 0 Å². The molecule has 0 fully saturated rings. The minimum absolute atomic E-state index is 0.526. The van der Waals surface area contributed by atoms with E-state index in [1.165, 1.54) is 25.6 Å². The molecule has 84 valence electrons. The molecule has 17 heavy (non-hydrogen) atoms. The zero-order chi connectivity index (χ0) is 11.7. The Morgan fingerprint density at radius 3 is 1.71 bits per heavy atom. The molecule has 0 spiro atoms. The molecule has 0 amide bonds. The Balaban J connectivity index is 2.13.